The zero-order chi connectivity index (χ0) is 17.2. The van der Waals surface area contributed by atoms with Gasteiger partial charge in [0, 0.05) is 19.1 Å². The van der Waals surface area contributed by atoms with E-state index in [0.29, 0.717) is 0 Å². The lowest BCUT2D eigenvalue weighted by atomic mass is 10.0. The fourth-order valence-corrected chi connectivity index (χ4v) is 2.85. The van der Waals surface area contributed by atoms with Crippen molar-refractivity contribution in [2.45, 2.75) is 32.0 Å². The number of likely N-dealkylation sites (tertiary alicyclic amines) is 1. The summed E-state index contributed by atoms with van der Waals surface area (Å²) in [6.45, 7) is 4.77. The Labute approximate surface area is 137 Å². The highest BCUT2D eigenvalue weighted by Crippen LogP contribution is 2.36. The number of anilines is 1. The molecule has 1 N–H and O–H groups in total. The first-order valence-corrected chi connectivity index (χ1v) is 7.95. The van der Waals surface area contributed by atoms with E-state index in [1.54, 1.807) is 12.1 Å². The predicted octanol–water partition coefficient (Wildman–Crippen LogP) is 3.65. The summed E-state index contributed by atoms with van der Waals surface area (Å²) in [7, 11) is 0. The van der Waals surface area contributed by atoms with Crippen LogP contribution in [-0.4, -0.2) is 40.8 Å². The number of nitrogens with zero attached hydrogens (tertiary/aromatic N) is 3. The molecular formula is C16H19F3N4O. The Morgan fingerprint density at radius 3 is 2.62 bits per heavy atom. The Hall–Kier alpha value is -2.09. The van der Waals surface area contributed by atoms with E-state index in [0.717, 1.165) is 38.5 Å². The average molecular weight is 340 g/mol. The van der Waals surface area contributed by atoms with Crippen molar-refractivity contribution in [1.29, 1.82) is 0 Å². The molecule has 0 atom stereocenters. The van der Waals surface area contributed by atoms with Crippen LogP contribution in [0.5, 0.6) is 0 Å². The van der Waals surface area contributed by atoms with Gasteiger partial charge in [-0.05, 0) is 37.6 Å². The number of aromatic nitrogens is 2. The lowest BCUT2D eigenvalue weighted by Crippen LogP contribution is -2.39. The molecule has 0 unspecified atom stereocenters. The van der Waals surface area contributed by atoms with E-state index in [1.165, 1.54) is 6.26 Å². The number of hydrogen-bond acceptors (Lipinski definition) is 5. The summed E-state index contributed by atoms with van der Waals surface area (Å²) in [5.74, 6) is 0.0450. The topological polar surface area (TPSA) is 54.2 Å². The Kier molecular flexibility index (Phi) is 4.75. The maximum absolute atomic E-state index is 13.4. The van der Waals surface area contributed by atoms with Crippen LogP contribution in [0.4, 0.5) is 19.0 Å². The van der Waals surface area contributed by atoms with Crippen molar-refractivity contribution in [2.75, 3.05) is 25.0 Å². The van der Waals surface area contributed by atoms with Crippen molar-refractivity contribution in [3.05, 3.63) is 30.0 Å². The Morgan fingerprint density at radius 2 is 2.04 bits per heavy atom. The van der Waals surface area contributed by atoms with Crippen LogP contribution in [0.1, 0.15) is 25.3 Å². The van der Waals surface area contributed by atoms with Crippen LogP contribution in [0.25, 0.3) is 11.5 Å². The molecule has 2 aromatic rings. The summed E-state index contributed by atoms with van der Waals surface area (Å²) in [6, 6.07) is 4.10. The number of alkyl halides is 3. The molecular weight excluding hydrogens is 321 g/mol. The van der Waals surface area contributed by atoms with Gasteiger partial charge in [0.05, 0.1) is 6.26 Å². The Morgan fingerprint density at radius 1 is 1.29 bits per heavy atom. The smallest absolute Gasteiger partial charge is 0.420 e. The van der Waals surface area contributed by atoms with Crippen molar-refractivity contribution in [3.8, 4) is 11.5 Å². The fourth-order valence-electron chi connectivity index (χ4n) is 2.85. The van der Waals surface area contributed by atoms with Crippen molar-refractivity contribution in [3.63, 3.8) is 0 Å². The van der Waals surface area contributed by atoms with Crippen LogP contribution in [-0.2, 0) is 6.18 Å². The van der Waals surface area contributed by atoms with Gasteiger partial charge in [-0.2, -0.15) is 13.2 Å². The van der Waals surface area contributed by atoms with Crippen molar-refractivity contribution < 1.29 is 17.6 Å². The second kappa shape index (κ2) is 6.80. The van der Waals surface area contributed by atoms with Gasteiger partial charge < -0.3 is 14.6 Å². The van der Waals surface area contributed by atoms with Crippen molar-refractivity contribution >= 4 is 5.82 Å². The molecule has 0 saturated carbocycles. The summed E-state index contributed by atoms with van der Waals surface area (Å²) in [4.78, 5) is 2.27. The van der Waals surface area contributed by atoms with Crippen LogP contribution < -0.4 is 5.32 Å². The molecule has 130 valence electrons. The lowest BCUT2D eigenvalue weighted by Gasteiger charge is -2.32. The molecule has 1 aliphatic heterocycles. The highest BCUT2D eigenvalue weighted by atomic mass is 19.4. The first-order chi connectivity index (χ1) is 11.5. The van der Waals surface area contributed by atoms with Gasteiger partial charge in [0.15, 0.2) is 11.6 Å². The monoisotopic (exact) mass is 340 g/mol. The van der Waals surface area contributed by atoms with Gasteiger partial charge >= 0.3 is 6.18 Å². The van der Waals surface area contributed by atoms with Gasteiger partial charge in [-0.3, -0.25) is 0 Å². The third kappa shape index (κ3) is 3.69. The molecule has 2 aromatic heterocycles. The minimum absolute atomic E-state index is 0.0299. The van der Waals surface area contributed by atoms with E-state index in [4.69, 9.17) is 4.42 Å². The van der Waals surface area contributed by atoms with Crippen molar-refractivity contribution in [2.24, 2.45) is 0 Å². The van der Waals surface area contributed by atoms with Gasteiger partial charge in [0.1, 0.15) is 11.3 Å². The fraction of sp³-hybridized carbons (Fsp3) is 0.500. The molecule has 0 spiro atoms. The quantitative estimate of drug-likeness (QED) is 0.921. The molecule has 0 aromatic carbocycles. The molecule has 1 fully saturated rings. The number of furan rings is 1. The Bertz CT molecular complexity index is 664. The molecule has 0 bridgehead atoms. The maximum atomic E-state index is 13.4. The first kappa shape index (κ1) is 16.8. The molecule has 3 rings (SSSR count). The van der Waals surface area contributed by atoms with E-state index in [9.17, 15) is 13.2 Å². The molecule has 3 heterocycles. The Balaban J connectivity index is 1.82. The minimum atomic E-state index is -4.51. The van der Waals surface area contributed by atoms with Crippen LogP contribution >= 0.6 is 0 Å². The first-order valence-electron chi connectivity index (χ1n) is 7.95. The van der Waals surface area contributed by atoms with Crippen LogP contribution in [0, 0.1) is 0 Å². The summed E-state index contributed by atoms with van der Waals surface area (Å²) in [6.07, 6.45) is -1.55. The average Bonchev–Trinajstić information content (AvgIpc) is 3.09. The summed E-state index contributed by atoms with van der Waals surface area (Å²) in [5.41, 5.74) is -0.750. The molecule has 0 radical (unpaired) electrons. The zero-order valence-electron chi connectivity index (χ0n) is 13.3. The lowest BCUT2D eigenvalue weighted by molar-refractivity contribution is -0.137. The van der Waals surface area contributed by atoms with E-state index in [-0.39, 0.29) is 23.3 Å². The molecule has 1 aliphatic rings. The highest BCUT2D eigenvalue weighted by Gasteiger charge is 2.36. The molecule has 0 aliphatic carbocycles. The minimum Gasteiger partial charge on any atom is -0.463 e. The van der Waals surface area contributed by atoms with E-state index >= 15 is 0 Å². The van der Waals surface area contributed by atoms with Gasteiger partial charge in [-0.1, -0.05) is 6.92 Å². The summed E-state index contributed by atoms with van der Waals surface area (Å²) < 4.78 is 45.3. The second-order valence-corrected chi connectivity index (χ2v) is 5.82. The largest absolute Gasteiger partial charge is 0.463 e. The van der Waals surface area contributed by atoms with E-state index < -0.39 is 11.7 Å². The number of nitrogens with one attached hydrogen (secondary N) is 1. The molecule has 24 heavy (non-hydrogen) atoms. The van der Waals surface area contributed by atoms with E-state index in [1.807, 2.05) is 0 Å². The van der Waals surface area contributed by atoms with Crippen LogP contribution in [0.15, 0.2) is 28.9 Å². The standard InChI is InChI=1S/C16H19F3N4O/c1-2-23-7-5-11(6-8-23)20-15-12(16(17,18)19)10-13(21-22-15)14-4-3-9-24-14/h3-4,9-11H,2,5-8H2,1H3,(H,20,22). The van der Waals surface area contributed by atoms with E-state index in [2.05, 4.69) is 27.3 Å². The summed E-state index contributed by atoms with van der Waals surface area (Å²) >= 11 is 0. The van der Waals surface area contributed by atoms with Gasteiger partial charge in [-0.25, -0.2) is 0 Å². The van der Waals surface area contributed by atoms with Gasteiger partial charge in [0.2, 0.25) is 0 Å². The highest BCUT2D eigenvalue weighted by molar-refractivity contribution is 5.57. The molecule has 0 amide bonds. The number of piperidine rings is 1. The van der Waals surface area contributed by atoms with Crippen LogP contribution in [0.2, 0.25) is 0 Å². The number of halogens is 3. The summed E-state index contributed by atoms with van der Waals surface area (Å²) in [5, 5.41) is 10.6. The third-order valence-electron chi connectivity index (χ3n) is 4.25. The van der Waals surface area contributed by atoms with Crippen molar-refractivity contribution in [1.82, 2.24) is 15.1 Å². The SMILES string of the molecule is CCN1CCC(Nc2nnc(-c3ccco3)cc2C(F)(F)F)CC1. The second-order valence-electron chi connectivity index (χ2n) is 5.82. The number of rotatable bonds is 4. The number of hydrogen-bond donors (Lipinski definition) is 1. The normalized spacial score (nSPS) is 17.2. The zero-order valence-corrected chi connectivity index (χ0v) is 13.3. The van der Waals surface area contributed by atoms with Gasteiger partial charge in [-0.15, -0.1) is 10.2 Å². The molecule has 5 nitrogen and oxygen atoms in total. The predicted molar refractivity (Wildman–Crippen MR) is 83.5 cm³/mol. The molecule has 1 saturated heterocycles. The third-order valence-corrected chi connectivity index (χ3v) is 4.25. The van der Waals surface area contributed by atoms with Crippen LogP contribution in [0.3, 0.4) is 0 Å². The maximum Gasteiger partial charge on any atom is 0.420 e. The van der Waals surface area contributed by atoms with Gasteiger partial charge in [0.25, 0.3) is 0 Å². The molecule has 8 heteroatoms.